The summed E-state index contributed by atoms with van der Waals surface area (Å²) < 4.78 is 0. The average molecular weight is 217 g/mol. The maximum atomic E-state index is 8.77. The van der Waals surface area contributed by atoms with Crippen LogP contribution in [-0.2, 0) is 6.54 Å². The molecule has 0 aromatic carbocycles. The summed E-state index contributed by atoms with van der Waals surface area (Å²) in [6.45, 7) is 7.45. The van der Waals surface area contributed by atoms with Crippen molar-refractivity contribution in [2.45, 2.75) is 33.2 Å². The average Bonchev–Trinajstić information content (AvgIpc) is 2.34. The summed E-state index contributed by atoms with van der Waals surface area (Å²) in [7, 11) is 0. The van der Waals surface area contributed by atoms with Crippen LogP contribution in [0.15, 0.2) is 18.3 Å². The van der Waals surface area contributed by atoms with Gasteiger partial charge in [0, 0.05) is 12.7 Å². The van der Waals surface area contributed by atoms with Crippen molar-refractivity contribution >= 4 is 0 Å². The van der Waals surface area contributed by atoms with Crippen LogP contribution < -0.4 is 0 Å². The predicted molar refractivity (Wildman–Crippen MR) is 64.8 cm³/mol. The maximum absolute atomic E-state index is 8.77. The van der Waals surface area contributed by atoms with Crippen molar-refractivity contribution in [2.24, 2.45) is 0 Å². The second-order valence-electron chi connectivity index (χ2n) is 3.88. The fourth-order valence-corrected chi connectivity index (χ4v) is 1.62. The molecule has 1 heterocycles. The molecule has 0 radical (unpaired) electrons. The number of aromatic nitrogens is 1. The Labute approximate surface area is 97.7 Å². The predicted octanol–water partition coefficient (Wildman–Crippen LogP) is 2.58. The van der Waals surface area contributed by atoms with Crippen LogP contribution in [0, 0.1) is 11.3 Å². The van der Waals surface area contributed by atoms with Crippen LogP contribution in [0.5, 0.6) is 0 Å². The minimum absolute atomic E-state index is 0.504. The molecule has 0 aliphatic carbocycles. The Morgan fingerprint density at radius 2 is 2.25 bits per heavy atom. The van der Waals surface area contributed by atoms with Crippen molar-refractivity contribution in [3.05, 3.63) is 29.6 Å². The van der Waals surface area contributed by atoms with E-state index in [2.05, 4.69) is 29.8 Å². The molecule has 1 rings (SSSR count). The summed E-state index contributed by atoms with van der Waals surface area (Å²) in [6.07, 6.45) is 4.15. The Morgan fingerprint density at radius 1 is 1.44 bits per heavy atom. The summed E-state index contributed by atoms with van der Waals surface area (Å²) in [5.74, 6) is 0. The van der Waals surface area contributed by atoms with Crippen molar-refractivity contribution < 1.29 is 0 Å². The lowest BCUT2D eigenvalue weighted by Crippen LogP contribution is -2.23. The van der Waals surface area contributed by atoms with Gasteiger partial charge in [-0.1, -0.05) is 20.3 Å². The minimum atomic E-state index is 0.504. The number of unbranched alkanes of at least 4 members (excludes halogenated alkanes) is 1. The fraction of sp³-hybridized carbons (Fsp3) is 0.538. The van der Waals surface area contributed by atoms with E-state index in [9.17, 15) is 0 Å². The molecule has 3 nitrogen and oxygen atoms in total. The zero-order chi connectivity index (χ0) is 11.8. The van der Waals surface area contributed by atoms with E-state index in [1.165, 1.54) is 18.4 Å². The summed E-state index contributed by atoms with van der Waals surface area (Å²) >= 11 is 0. The second kappa shape index (κ2) is 6.97. The van der Waals surface area contributed by atoms with Gasteiger partial charge < -0.3 is 0 Å². The molecule has 16 heavy (non-hydrogen) atoms. The van der Waals surface area contributed by atoms with Gasteiger partial charge in [0.2, 0.25) is 0 Å². The SMILES string of the molecule is CCCCN(CC)Cc1ccnc(C#N)c1. The molecule has 0 atom stereocenters. The first kappa shape index (κ1) is 12.7. The maximum Gasteiger partial charge on any atom is 0.140 e. The smallest absolute Gasteiger partial charge is 0.140 e. The third-order valence-electron chi connectivity index (χ3n) is 2.62. The molecule has 0 aliphatic rings. The lowest BCUT2D eigenvalue weighted by atomic mass is 10.2. The van der Waals surface area contributed by atoms with E-state index in [4.69, 9.17) is 5.26 Å². The third-order valence-corrected chi connectivity index (χ3v) is 2.62. The highest BCUT2D eigenvalue weighted by atomic mass is 15.1. The second-order valence-corrected chi connectivity index (χ2v) is 3.88. The molecule has 0 saturated carbocycles. The van der Waals surface area contributed by atoms with Gasteiger partial charge in [0.15, 0.2) is 0 Å². The molecule has 0 unspecified atom stereocenters. The number of nitrogens with zero attached hydrogens (tertiary/aromatic N) is 3. The highest BCUT2D eigenvalue weighted by Crippen LogP contribution is 2.06. The van der Waals surface area contributed by atoms with E-state index in [0.717, 1.165) is 19.6 Å². The van der Waals surface area contributed by atoms with E-state index in [1.54, 1.807) is 6.20 Å². The number of hydrogen-bond donors (Lipinski definition) is 0. The third kappa shape index (κ3) is 4.00. The van der Waals surface area contributed by atoms with E-state index < -0.39 is 0 Å². The quantitative estimate of drug-likeness (QED) is 0.735. The molecule has 0 aliphatic heterocycles. The summed E-state index contributed by atoms with van der Waals surface area (Å²) in [5, 5.41) is 8.77. The molecule has 1 aromatic heterocycles. The first-order valence-electron chi connectivity index (χ1n) is 5.87. The minimum Gasteiger partial charge on any atom is -0.299 e. The van der Waals surface area contributed by atoms with Crippen LogP contribution in [0.2, 0.25) is 0 Å². The largest absolute Gasteiger partial charge is 0.299 e. The first-order chi connectivity index (χ1) is 7.80. The molecule has 0 fully saturated rings. The van der Waals surface area contributed by atoms with E-state index >= 15 is 0 Å². The zero-order valence-electron chi connectivity index (χ0n) is 10.1. The fourth-order valence-electron chi connectivity index (χ4n) is 1.62. The van der Waals surface area contributed by atoms with E-state index in [0.29, 0.717) is 5.69 Å². The Balaban J connectivity index is 2.59. The van der Waals surface area contributed by atoms with Crippen molar-refractivity contribution in [1.29, 1.82) is 5.26 Å². The molecule has 0 saturated heterocycles. The number of hydrogen-bond acceptors (Lipinski definition) is 3. The highest BCUT2D eigenvalue weighted by molar-refractivity contribution is 5.25. The Hall–Kier alpha value is -1.40. The van der Waals surface area contributed by atoms with Gasteiger partial charge in [-0.3, -0.25) is 4.90 Å². The summed E-state index contributed by atoms with van der Waals surface area (Å²) in [6, 6.07) is 5.92. The standard InChI is InChI=1S/C13H19N3/c1-3-5-8-16(4-2)11-12-6-7-15-13(9-12)10-14/h6-7,9H,3-5,8,11H2,1-2H3. The summed E-state index contributed by atoms with van der Waals surface area (Å²) in [5.41, 5.74) is 1.67. The van der Waals surface area contributed by atoms with Crippen LogP contribution in [0.4, 0.5) is 0 Å². The molecule has 0 bridgehead atoms. The van der Waals surface area contributed by atoms with Crippen molar-refractivity contribution in [2.75, 3.05) is 13.1 Å². The van der Waals surface area contributed by atoms with Crippen LogP contribution in [0.3, 0.4) is 0 Å². The monoisotopic (exact) mass is 217 g/mol. The molecule has 0 N–H and O–H groups in total. The zero-order valence-corrected chi connectivity index (χ0v) is 10.1. The van der Waals surface area contributed by atoms with Gasteiger partial charge in [-0.2, -0.15) is 5.26 Å². The van der Waals surface area contributed by atoms with Crippen LogP contribution in [-0.4, -0.2) is 23.0 Å². The summed E-state index contributed by atoms with van der Waals surface area (Å²) in [4.78, 5) is 6.36. The van der Waals surface area contributed by atoms with Gasteiger partial charge in [-0.05, 0) is 37.2 Å². The van der Waals surface area contributed by atoms with Crippen LogP contribution in [0.1, 0.15) is 37.9 Å². The van der Waals surface area contributed by atoms with Crippen LogP contribution >= 0.6 is 0 Å². The van der Waals surface area contributed by atoms with Gasteiger partial charge in [-0.25, -0.2) is 4.98 Å². The normalized spacial score (nSPS) is 10.4. The Bertz CT molecular complexity index is 354. The first-order valence-corrected chi connectivity index (χ1v) is 5.87. The van der Waals surface area contributed by atoms with E-state index in [1.807, 2.05) is 12.1 Å². The molecule has 1 aromatic rings. The molecular weight excluding hydrogens is 198 g/mol. The van der Waals surface area contributed by atoms with E-state index in [-0.39, 0.29) is 0 Å². The van der Waals surface area contributed by atoms with Crippen molar-refractivity contribution in [3.8, 4) is 6.07 Å². The number of nitriles is 1. The number of rotatable bonds is 6. The Morgan fingerprint density at radius 3 is 2.88 bits per heavy atom. The van der Waals surface area contributed by atoms with Gasteiger partial charge in [0.1, 0.15) is 11.8 Å². The molecule has 3 heteroatoms. The Kier molecular flexibility index (Phi) is 5.52. The lowest BCUT2D eigenvalue weighted by molar-refractivity contribution is 0.275. The van der Waals surface area contributed by atoms with Gasteiger partial charge in [-0.15, -0.1) is 0 Å². The van der Waals surface area contributed by atoms with Gasteiger partial charge in [0.25, 0.3) is 0 Å². The lowest BCUT2D eigenvalue weighted by Gasteiger charge is -2.19. The topological polar surface area (TPSA) is 39.9 Å². The molecule has 0 spiro atoms. The van der Waals surface area contributed by atoms with Crippen LogP contribution in [0.25, 0.3) is 0 Å². The van der Waals surface area contributed by atoms with Crippen molar-refractivity contribution in [1.82, 2.24) is 9.88 Å². The van der Waals surface area contributed by atoms with Crippen molar-refractivity contribution in [3.63, 3.8) is 0 Å². The highest BCUT2D eigenvalue weighted by Gasteiger charge is 2.03. The van der Waals surface area contributed by atoms with Gasteiger partial charge in [0.05, 0.1) is 0 Å². The molecule has 0 amide bonds. The van der Waals surface area contributed by atoms with Gasteiger partial charge >= 0.3 is 0 Å². The molecule has 86 valence electrons. The number of pyridine rings is 1. The molecular formula is C13H19N3.